The van der Waals surface area contributed by atoms with Crippen molar-refractivity contribution in [2.75, 3.05) is 5.32 Å². The molecular formula is C7H7NNa2O6S2. The van der Waals surface area contributed by atoms with Crippen LogP contribution in [0.25, 0.3) is 0 Å². The fourth-order valence-corrected chi connectivity index (χ4v) is 2.67. The first-order chi connectivity index (χ1) is 7.21. The third-order valence-corrected chi connectivity index (χ3v) is 4.28. The van der Waals surface area contributed by atoms with Crippen molar-refractivity contribution in [2.45, 2.75) is 4.71 Å². The standard InChI is InChI=1S/C7H9NO6S2.2Na/c9-15(10,11)7(16(12,13)14)8-6-4-2-1-3-5-6;;/h1-5,7-8H,(H,9,10,11)(H,12,13,14);;/q;2*+1/p-2. The van der Waals surface area contributed by atoms with Gasteiger partial charge in [-0.15, -0.1) is 0 Å². The monoisotopic (exact) mass is 311 g/mol. The number of para-hydroxylation sites is 1. The van der Waals surface area contributed by atoms with Gasteiger partial charge in [-0.25, -0.2) is 16.8 Å². The summed E-state index contributed by atoms with van der Waals surface area (Å²) >= 11 is 0. The van der Waals surface area contributed by atoms with Crippen molar-refractivity contribution in [3.63, 3.8) is 0 Å². The van der Waals surface area contributed by atoms with E-state index in [9.17, 15) is 25.9 Å². The van der Waals surface area contributed by atoms with Crippen molar-refractivity contribution in [3.8, 4) is 0 Å². The first-order valence-electron chi connectivity index (χ1n) is 3.92. The Bertz CT molecular complexity index is 527. The number of benzene rings is 1. The van der Waals surface area contributed by atoms with Crippen molar-refractivity contribution in [1.29, 1.82) is 0 Å². The average Bonchev–Trinajstić information content (AvgIpc) is 2.12. The van der Waals surface area contributed by atoms with Crippen molar-refractivity contribution in [1.82, 2.24) is 0 Å². The fraction of sp³-hybridized carbons (Fsp3) is 0.143. The molecule has 0 heterocycles. The molecule has 1 aromatic rings. The summed E-state index contributed by atoms with van der Waals surface area (Å²) in [5.74, 6) is 0. The quantitative estimate of drug-likeness (QED) is 0.433. The number of anilines is 1. The second kappa shape index (κ2) is 8.20. The van der Waals surface area contributed by atoms with Gasteiger partial charge in [0.15, 0.2) is 0 Å². The van der Waals surface area contributed by atoms with E-state index in [2.05, 4.69) is 0 Å². The Hall–Kier alpha value is 0.840. The van der Waals surface area contributed by atoms with E-state index >= 15 is 0 Å². The van der Waals surface area contributed by atoms with Gasteiger partial charge < -0.3 is 14.4 Å². The Morgan fingerprint density at radius 2 is 1.28 bits per heavy atom. The van der Waals surface area contributed by atoms with E-state index in [-0.39, 0.29) is 64.8 Å². The van der Waals surface area contributed by atoms with E-state index in [1.807, 2.05) is 5.32 Å². The molecule has 0 fully saturated rings. The Labute approximate surface area is 149 Å². The van der Waals surface area contributed by atoms with Gasteiger partial charge in [0.1, 0.15) is 20.2 Å². The Balaban J connectivity index is 0. The second-order valence-electron chi connectivity index (χ2n) is 2.83. The summed E-state index contributed by atoms with van der Waals surface area (Å²) in [6, 6.07) is 7.20. The molecule has 90 valence electrons. The van der Waals surface area contributed by atoms with E-state index in [0.29, 0.717) is 0 Å². The molecule has 11 heteroatoms. The average molecular weight is 311 g/mol. The molecule has 0 aliphatic heterocycles. The smallest absolute Gasteiger partial charge is 0.746 e. The van der Waals surface area contributed by atoms with Gasteiger partial charge in [0, 0.05) is 5.69 Å². The van der Waals surface area contributed by atoms with Gasteiger partial charge >= 0.3 is 59.1 Å². The molecule has 0 aromatic heterocycles. The first kappa shape index (κ1) is 21.1. The second-order valence-corrected chi connectivity index (χ2v) is 6.04. The van der Waals surface area contributed by atoms with Crippen molar-refractivity contribution >= 4 is 25.9 Å². The zero-order valence-electron chi connectivity index (χ0n) is 9.73. The van der Waals surface area contributed by atoms with Crippen molar-refractivity contribution in [2.24, 2.45) is 0 Å². The van der Waals surface area contributed by atoms with Gasteiger partial charge in [0.25, 0.3) is 0 Å². The molecule has 0 spiro atoms. The van der Waals surface area contributed by atoms with Gasteiger partial charge in [-0.3, -0.25) is 0 Å². The number of hydrogen-bond acceptors (Lipinski definition) is 7. The summed E-state index contributed by atoms with van der Waals surface area (Å²) in [6.07, 6.45) is 0. The molecule has 0 bridgehead atoms. The maximum absolute atomic E-state index is 10.6. The van der Waals surface area contributed by atoms with Crippen LogP contribution in [0.15, 0.2) is 30.3 Å². The van der Waals surface area contributed by atoms with E-state index < -0.39 is 24.9 Å². The molecule has 0 atom stereocenters. The molecular weight excluding hydrogens is 304 g/mol. The van der Waals surface area contributed by atoms with Crippen LogP contribution in [-0.2, 0) is 20.2 Å². The predicted octanol–water partition coefficient (Wildman–Crippen LogP) is -6.52. The summed E-state index contributed by atoms with van der Waals surface area (Å²) in [5, 5.41) is 1.86. The Kier molecular flexibility index (Phi) is 9.63. The normalized spacial score (nSPS) is 11.3. The Morgan fingerprint density at radius 1 is 0.889 bits per heavy atom. The molecule has 7 nitrogen and oxygen atoms in total. The molecule has 0 radical (unpaired) electrons. The van der Waals surface area contributed by atoms with Crippen LogP contribution in [-0.4, -0.2) is 30.6 Å². The third-order valence-electron chi connectivity index (χ3n) is 1.58. The third kappa shape index (κ3) is 6.85. The summed E-state index contributed by atoms with van der Waals surface area (Å²) < 4.78 is 60.8. The molecule has 0 unspecified atom stereocenters. The van der Waals surface area contributed by atoms with Gasteiger partial charge in [0.2, 0.25) is 4.71 Å². The van der Waals surface area contributed by atoms with Gasteiger partial charge in [-0.2, -0.15) is 0 Å². The molecule has 0 saturated carbocycles. The fourth-order valence-electron chi connectivity index (χ4n) is 0.959. The maximum atomic E-state index is 10.6. The molecule has 1 N–H and O–H groups in total. The van der Waals surface area contributed by atoms with Crippen LogP contribution in [0.1, 0.15) is 0 Å². The SMILES string of the molecule is O=S(=O)([O-])C(Nc1ccccc1)S(=O)(=O)[O-].[Na+].[Na+]. The van der Waals surface area contributed by atoms with Crippen LogP contribution in [0.5, 0.6) is 0 Å². The van der Waals surface area contributed by atoms with Gasteiger partial charge in [-0.1, -0.05) is 18.2 Å². The molecule has 1 aromatic carbocycles. The predicted molar refractivity (Wildman–Crippen MR) is 53.2 cm³/mol. The van der Waals surface area contributed by atoms with Crippen molar-refractivity contribution < 1.29 is 85.1 Å². The molecule has 0 aliphatic rings. The molecule has 1 rings (SSSR count). The van der Waals surface area contributed by atoms with Gasteiger partial charge in [-0.05, 0) is 12.1 Å². The summed E-state index contributed by atoms with van der Waals surface area (Å²) in [7, 11) is -10.6. The van der Waals surface area contributed by atoms with Gasteiger partial charge in [0.05, 0.1) is 0 Å². The zero-order valence-corrected chi connectivity index (χ0v) is 15.4. The van der Waals surface area contributed by atoms with Crippen LogP contribution >= 0.6 is 0 Å². The van der Waals surface area contributed by atoms with E-state index in [1.54, 1.807) is 6.07 Å². The maximum Gasteiger partial charge on any atom is 1.00 e. The zero-order chi connectivity index (χ0) is 12.4. The van der Waals surface area contributed by atoms with Crippen LogP contribution < -0.4 is 64.4 Å². The van der Waals surface area contributed by atoms with E-state index in [1.165, 1.54) is 24.3 Å². The molecule has 18 heavy (non-hydrogen) atoms. The molecule has 0 amide bonds. The number of hydrogen-bond donors (Lipinski definition) is 1. The number of nitrogens with one attached hydrogen (secondary N) is 1. The Morgan fingerprint density at radius 3 is 1.61 bits per heavy atom. The topological polar surface area (TPSA) is 126 Å². The summed E-state index contributed by atoms with van der Waals surface area (Å²) in [4.78, 5) is 0. The first-order valence-corrected chi connectivity index (χ1v) is 6.86. The molecule has 0 aliphatic carbocycles. The minimum atomic E-state index is -5.28. The minimum absolute atomic E-state index is 0. The van der Waals surface area contributed by atoms with E-state index in [0.717, 1.165) is 0 Å². The largest absolute Gasteiger partial charge is 1.00 e. The van der Waals surface area contributed by atoms with E-state index in [4.69, 9.17) is 0 Å². The summed E-state index contributed by atoms with van der Waals surface area (Å²) in [5.41, 5.74) is 0.0475. The van der Waals surface area contributed by atoms with Crippen LogP contribution in [0.4, 0.5) is 5.69 Å². The molecule has 0 saturated heterocycles. The number of rotatable bonds is 4. The summed E-state index contributed by atoms with van der Waals surface area (Å²) in [6.45, 7) is 0. The minimum Gasteiger partial charge on any atom is -0.746 e. The van der Waals surface area contributed by atoms with Crippen LogP contribution in [0.3, 0.4) is 0 Å². The van der Waals surface area contributed by atoms with Crippen molar-refractivity contribution in [3.05, 3.63) is 30.3 Å². The van der Waals surface area contributed by atoms with Crippen LogP contribution in [0.2, 0.25) is 0 Å². The van der Waals surface area contributed by atoms with Crippen LogP contribution in [0, 0.1) is 0 Å².